The van der Waals surface area contributed by atoms with Gasteiger partial charge in [0.1, 0.15) is 12.1 Å². The van der Waals surface area contributed by atoms with E-state index in [4.69, 9.17) is 17.3 Å². The van der Waals surface area contributed by atoms with Crippen molar-refractivity contribution in [3.8, 4) is 0 Å². The number of nitrogens with one attached hydrogen (secondary N) is 1. The van der Waals surface area contributed by atoms with Gasteiger partial charge in [-0.1, -0.05) is 0 Å². The normalized spacial score (nSPS) is 11.6. The lowest BCUT2D eigenvalue weighted by Gasteiger charge is -1.96. The Morgan fingerprint density at radius 3 is 2.71 bits per heavy atom. The minimum absolute atomic E-state index is 0.104. The molecule has 7 N–H and O–H groups in total. The van der Waals surface area contributed by atoms with Crippen LogP contribution in [0.4, 0.5) is 5.82 Å². The lowest BCUT2D eigenvalue weighted by atomic mass is 10.2. The first-order valence-corrected chi connectivity index (χ1v) is 4.82. The molecule has 2 aromatic rings. The zero-order chi connectivity index (χ0) is 12.3. The van der Waals surface area contributed by atoms with Crippen LogP contribution in [0.2, 0.25) is 0 Å². The number of nitrogens with two attached hydrogens (primary N) is 3. The fourth-order valence-corrected chi connectivity index (χ4v) is 1.35. The summed E-state index contributed by atoms with van der Waals surface area (Å²) in [5.41, 5.74) is 12.8. The Bertz CT molecular complexity index is 529. The molecule has 0 aliphatic heterocycles. The van der Waals surface area contributed by atoms with Gasteiger partial charge < -0.3 is 22.3 Å². The van der Waals surface area contributed by atoms with Crippen molar-refractivity contribution in [3.05, 3.63) is 35.8 Å². The first kappa shape index (κ1) is 10.9. The number of hydrogen-bond donors (Lipinski definition) is 4. The Hall–Kier alpha value is -2.64. The third-order valence-electron chi connectivity index (χ3n) is 2.18. The van der Waals surface area contributed by atoms with Crippen molar-refractivity contribution in [2.75, 3.05) is 5.73 Å². The van der Waals surface area contributed by atoms with Crippen LogP contribution in [0.1, 0.15) is 17.1 Å². The molecular formula is C9H12N8. The SMILES string of the molecule is N/N=C(\N)c1nc(Cc2cncnc2)c(N)[nH]1. The Balaban J connectivity index is 2.25. The summed E-state index contributed by atoms with van der Waals surface area (Å²) in [5.74, 6) is 5.95. The molecule has 0 bridgehead atoms. The van der Waals surface area contributed by atoms with Gasteiger partial charge >= 0.3 is 0 Å². The fraction of sp³-hybridized carbons (Fsp3) is 0.111. The Kier molecular flexibility index (Phi) is 2.86. The highest BCUT2D eigenvalue weighted by Gasteiger charge is 2.10. The van der Waals surface area contributed by atoms with Gasteiger partial charge in [-0.2, -0.15) is 5.10 Å². The van der Waals surface area contributed by atoms with Crippen LogP contribution in [0.25, 0.3) is 0 Å². The van der Waals surface area contributed by atoms with E-state index in [1.54, 1.807) is 12.4 Å². The van der Waals surface area contributed by atoms with E-state index in [2.05, 4.69) is 25.0 Å². The van der Waals surface area contributed by atoms with Gasteiger partial charge in [-0.05, 0) is 5.56 Å². The molecule has 0 aliphatic rings. The summed E-state index contributed by atoms with van der Waals surface area (Å²) in [6, 6.07) is 0. The molecule has 0 saturated carbocycles. The lowest BCUT2D eigenvalue weighted by Crippen LogP contribution is -2.17. The van der Waals surface area contributed by atoms with Crippen LogP contribution >= 0.6 is 0 Å². The summed E-state index contributed by atoms with van der Waals surface area (Å²) in [4.78, 5) is 14.8. The van der Waals surface area contributed by atoms with Gasteiger partial charge in [0.2, 0.25) is 0 Å². The van der Waals surface area contributed by atoms with Crippen LogP contribution in [-0.2, 0) is 6.42 Å². The number of aromatic nitrogens is 4. The second kappa shape index (κ2) is 4.47. The summed E-state index contributed by atoms with van der Waals surface area (Å²) in [7, 11) is 0. The molecular weight excluding hydrogens is 220 g/mol. The third kappa shape index (κ3) is 2.30. The van der Waals surface area contributed by atoms with Crippen LogP contribution in [-0.4, -0.2) is 25.8 Å². The van der Waals surface area contributed by atoms with E-state index in [-0.39, 0.29) is 5.84 Å². The summed E-state index contributed by atoms with van der Waals surface area (Å²) < 4.78 is 0. The molecule has 0 atom stereocenters. The van der Waals surface area contributed by atoms with Gasteiger partial charge in [0.05, 0.1) is 5.69 Å². The Morgan fingerprint density at radius 2 is 2.06 bits per heavy atom. The molecule has 0 radical (unpaired) electrons. The molecule has 0 amide bonds. The average molecular weight is 232 g/mol. The summed E-state index contributed by atoms with van der Waals surface area (Å²) in [5, 5.41) is 3.34. The number of nitrogens with zero attached hydrogens (tertiary/aromatic N) is 4. The number of hydrogen-bond acceptors (Lipinski definition) is 6. The van der Waals surface area contributed by atoms with Crippen LogP contribution in [0.5, 0.6) is 0 Å². The van der Waals surface area contributed by atoms with Crippen LogP contribution in [0, 0.1) is 0 Å². The average Bonchev–Trinajstić information content (AvgIpc) is 2.71. The molecule has 17 heavy (non-hydrogen) atoms. The number of imidazole rings is 1. The minimum atomic E-state index is 0.104. The van der Waals surface area contributed by atoms with Crippen molar-refractivity contribution >= 4 is 11.7 Å². The number of nitrogen functional groups attached to an aromatic ring is 1. The van der Waals surface area contributed by atoms with Crippen LogP contribution < -0.4 is 17.3 Å². The molecule has 8 heteroatoms. The molecule has 0 aromatic carbocycles. The van der Waals surface area contributed by atoms with Crippen LogP contribution in [0.15, 0.2) is 23.8 Å². The summed E-state index contributed by atoms with van der Waals surface area (Å²) >= 11 is 0. The van der Waals surface area contributed by atoms with Crippen molar-refractivity contribution in [2.24, 2.45) is 16.7 Å². The lowest BCUT2D eigenvalue weighted by molar-refractivity contribution is 1.04. The highest BCUT2D eigenvalue weighted by atomic mass is 15.2. The molecule has 0 unspecified atom stereocenters. The highest BCUT2D eigenvalue weighted by Crippen LogP contribution is 2.12. The fourth-order valence-electron chi connectivity index (χ4n) is 1.35. The molecule has 0 fully saturated rings. The van der Waals surface area contributed by atoms with Crippen LogP contribution in [0.3, 0.4) is 0 Å². The number of hydrazone groups is 1. The minimum Gasteiger partial charge on any atom is -0.384 e. The van der Waals surface area contributed by atoms with Gasteiger partial charge in [-0.15, -0.1) is 0 Å². The molecule has 0 spiro atoms. The summed E-state index contributed by atoms with van der Waals surface area (Å²) in [6.07, 6.45) is 5.37. The van der Waals surface area contributed by atoms with Gasteiger partial charge in [-0.3, -0.25) is 0 Å². The topological polar surface area (TPSA) is 145 Å². The largest absolute Gasteiger partial charge is 0.384 e. The van der Waals surface area contributed by atoms with Crippen molar-refractivity contribution in [3.63, 3.8) is 0 Å². The maximum Gasteiger partial charge on any atom is 0.186 e. The number of aromatic amines is 1. The second-order valence-corrected chi connectivity index (χ2v) is 3.38. The van der Waals surface area contributed by atoms with E-state index in [0.29, 0.717) is 23.8 Å². The monoisotopic (exact) mass is 232 g/mol. The quantitative estimate of drug-likeness (QED) is 0.230. The van der Waals surface area contributed by atoms with E-state index in [0.717, 1.165) is 5.56 Å². The zero-order valence-corrected chi connectivity index (χ0v) is 8.96. The number of anilines is 1. The zero-order valence-electron chi connectivity index (χ0n) is 8.96. The molecule has 2 rings (SSSR count). The predicted molar refractivity (Wildman–Crippen MR) is 62.7 cm³/mol. The highest BCUT2D eigenvalue weighted by molar-refractivity contribution is 5.94. The molecule has 88 valence electrons. The Morgan fingerprint density at radius 1 is 1.35 bits per heavy atom. The van der Waals surface area contributed by atoms with E-state index in [1.165, 1.54) is 6.33 Å². The maximum atomic E-state index is 5.77. The van der Waals surface area contributed by atoms with E-state index < -0.39 is 0 Å². The van der Waals surface area contributed by atoms with Crippen molar-refractivity contribution in [2.45, 2.75) is 6.42 Å². The standard InChI is InChI=1S/C9H12N8/c10-7-6(1-5-2-13-4-14-3-5)15-9(16-7)8(11)17-12/h2-4H,1,10,12H2,(H2,11,17)(H,15,16). The maximum absolute atomic E-state index is 5.77. The molecule has 0 saturated heterocycles. The second-order valence-electron chi connectivity index (χ2n) is 3.38. The van der Waals surface area contributed by atoms with Gasteiger partial charge in [-0.25, -0.2) is 15.0 Å². The first-order chi connectivity index (χ1) is 8.20. The number of amidine groups is 1. The smallest absolute Gasteiger partial charge is 0.186 e. The van der Waals surface area contributed by atoms with E-state index in [9.17, 15) is 0 Å². The number of H-pyrrole nitrogens is 1. The molecule has 0 aliphatic carbocycles. The van der Waals surface area contributed by atoms with E-state index in [1.807, 2.05) is 0 Å². The molecule has 8 nitrogen and oxygen atoms in total. The van der Waals surface area contributed by atoms with Gasteiger partial charge in [0.15, 0.2) is 11.7 Å². The molecule has 2 aromatic heterocycles. The first-order valence-electron chi connectivity index (χ1n) is 4.82. The van der Waals surface area contributed by atoms with E-state index >= 15 is 0 Å². The Labute approximate surface area is 97.0 Å². The molecule has 2 heterocycles. The number of rotatable bonds is 3. The predicted octanol–water partition coefficient (Wildman–Crippen LogP) is -1.05. The third-order valence-corrected chi connectivity index (χ3v) is 2.18. The van der Waals surface area contributed by atoms with Gasteiger partial charge in [0.25, 0.3) is 0 Å². The van der Waals surface area contributed by atoms with Crippen molar-refractivity contribution in [1.29, 1.82) is 0 Å². The van der Waals surface area contributed by atoms with Crippen molar-refractivity contribution in [1.82, 2.24) is 19.9 Å². The van der Waals surface area contributed by atoms with Crippen molar-refractivity contribution < 1.29 is 0 Å². The van der Waals surface area contributed by atoms with Gasteiger partial charge in [0, 0.05) is 18.8 Å². The summed E-state index contributed by atoms with van der Waals surface area (Å²) in [6.45, 7) is 0.